The summed E-state index contributed by atoms with van der Waals surface area (Å²) in [5, 5.41) is 7.29. The lowest BCUT2D eigenvalue weighted by molar-refractivity contribution is 0.415. The number of nitrogens with one attached hydrogen (secondary N) is 2. The van der Waals surface area contributed by atoms with Gasteiger partial charge in [0.15, 0.2) is 5.11 Å². The Hall–Kier alpha value is -2.07. The third kappa shape index (κ3) is 4.70. The lowest BCUT2D eigenvalue weighted by Gasteiger charge is -2.26. The van der Waals surface area contributed by atoms with Gasteiger partial charge in [-0.15, -0.1) is 0 Å². The van der Waals surface area contributed by atoms with E-state index in [0.29, 0.717) is 11.0 Å². The number of anilines is 1. The first-order valence-electron chi connectivity index (χ1n) is 7.78. The second-order valence-electron chi connectivity index (χ2n) is 5.91. The number of hydrogen-bond acceptors (Lipinski definition) is 2. The van der Waals surface area contributed by atoms with E-state index in [1.165, 1.54) is 11.1 Å². The van der Waals surface area contributed by atoms with E-state index in [1.807, 2.05) is 24.3 Å². The lowest BCUT2D eigenvalue weighted by atomic mass is 9.93. The van der Waals surface area contributed by atoms with E-state index in [-0.39, 0.29) is 6.04 Å². The topological polar surface area (TPSA) is 33.3 Å². The Balaban J connectivity index is 2.07. The summed E-state index contributed by atoms with van der Waals surface area (Å²) in [6, 6.07) is 16.3. The van der Waals surface area contributed by atoms with Crippen molar-refractivity contribution in [2.24, 2.45) is 5.92 Å². The molecule has 0 bridgehead atoms. The van der Waals surface area contributed by atoms with Crippen LogP contribution in [0.15, 0.2) is 48.5 Å². The molecule has 1 unspecified atom stereocenters. The van der Waals surface area contributed by atoms with E-state index in [4.69, 9.17) is 17.0 Å². The number of aryl methyl sites for hydroxylation is 1. The molecule has 2 aromatic carbocycles. The number of ether oxygens (including phenoxy) is 1. The van der Waals surface area contributed by atoms with Crippen molar-refractivity contribution in [2.45, 2.75) is 26.8 Å². The Bertz CT molecular complexity index is 653. The minimum absolute atomic E-state index is 0.175. The van der Waals surface area contributed by atoms with Crippen LogP contribution < -0.4 is 15.4 Å². The molecule has 0 fully saturated rings. The van der Waals surface area contributed by atoms with E-state index in [1.54, 1.807) is 7.11 Å². The molecule has 3 nitrogen and oxygen atoms in total. The smallest absolute Gasteiger partial charge is 0.171 e. The normalized spacial score (nSPS) is 11.9. The molecule has 0 heterocycles. The number of methoxy groups -OCH3 is 1. The number of thiocarbonyl (C=S) groups is 1. The molecule has 0 spiro atoms. The molecule has 0 saturated carbocycles. The third-order valence-corrected chi connectivity index (χ3v) is 4.04. The van der Waals surface area contributed by atoms with Gasteiger partial charge >= 0.3 is 0 Å². The molecule has 2 rings (SSSR count). The SMILES string of the molecule is COc1ccc(NC(=S)NC(c2ccccc2C)C(C)C)cc1. The van der Waals surface area contributed by atoms with Crippen LogP contribution in [0.1, 0.15) is 31.0 Å². The van der Waals surface area contributed by atoms with E-state index >= 15 is 0 Å². The molecule has 0 aliphatic rings. The zero-order valence-corrected chi connectivity index (χ0v) is 14.9. The summed E-state index contributed by atoms with van der Waals surface area (Å²) >= 11 is 5.48. The van der Waals surface area contributed by atoms with Crippen LogP contribution in [0.5, 0.6) is 5.75 Å². The zero-order valence-electron chi connectivity index (χ0n) is 14.1. The molecule has 122 valence electrons. The molecule has 1 atom stereocenters. The average molecular weight is 328 g/mol. The monoisotopic (exact) mass is 328 g/mol. The van der Waals surface area contributed by atoms with Gasteiger partial charge in [0.1, 0.15) is 5.75 Å². The zero-order chi connectivity index (χ0) is 16.8. The van der Waals surface area contributed by atoms with Crippen molar-refractivity contribution in [3.8, 4) is 5.75 Å². The summed E-state index contributed by atoms with van der Waals surface area (Å²) in [5.74, 6) is 1.25. The Morgan fingerprint density at radius 2 is 1.70 bits per heavy atom. The molecule has 0 saturated heterocycles. The second kappa shape index (κ2) is 7.97. The van der Waals surface area contributed by atoms with Crippen molar-refractivity contribution in [3.63, 3.8) is 0 Å². The summed E-state index contributed by atoms with van der Waals surface area (Å²) < 4.78 is 5.16. The van der Waals surface area contributed by atoms with Crippen LogP contribution in [0.25, 0.3) is 0 Å². The van der Waals surface area contributed by atoms with Crippen LogP contribution in [-0.2, 0) is 0 Å². The van der Waals surface area contributed by atoms with Crippen molar-refractivity contribution in [1.82, 2.24) is 5.32 Å². The number of rotatable bonds is 5. The first-order chi connectivity index (χ1) is 11.0. The van der Waals surface area contributed by atoms with Crippen LogP contribution in [0.2, 0.25) is 0 Å². The molecule has 0 radical (unpaired) electrons. The summed E-state index contributed by atoms with van der Waals surface area (Å²) in [7, 11) is 1.66. The summed E-state index contributed by atoms with van der Waals surface area (Å²) in [5.41, 5.74) is 3.49. The lowest BCUT2D eigenvalue weighted by Crippen LogP contribution is -2.35. The van der Waals surface area contributed by atoms with E-state index in [2.05, 4.69) is 55.7 Å². The van der Waals surface area contributed by atoms with Crippen LogP contribution in [-0.4, -0.2) is 12.2 Å². The van der Waals surface area contributed by atoms with Gasteiger partial charge in [0.2, 0.25) is 0 Å². The first kappa shape index (κ1) is 17.3. The van der Waals surface area contributed by atoms with Crippen LogP contribution in [0, 0.1) is 12.8 Å². The molecule has 0 aromatic heterocycles. The number of benzene rings is 2. The van der Waals surface area contributed by atoms with Gasteiger partial charge in [-0.05, 0) is 60.5 Å². The van der Waals surface area contributed by atoms with E-state index in [0.717, 1.165) is 11.4 Å². The van der Waals surface area contributed by atoms with Crippen LogP contribution >= 0.6 is 12.2 Å². The van der Waals surface area contributed by atoms with Crippen molar-refractivity contribution < 1.29 is 4.74 Å². The predicted molar refractivity (Wildman–Crippen MR) is 101 cm³/mol. The minimum atomic E-state index is 0.175. The minimum Gasteiger partial charge on any atom is -0.497 e. The maximum atomic E-state index is 5.48. The highest BCUT2D eigenvalue weighted by Crippen LogP contribution is 2.25. The highest BCUT2D eigenvalue weighted by molar-refractivity contribution is 7.80. The maximum absolute atomic E-state index is 5.48. The molecule has 0 aliphatic heterocycles. The molecule has 2 N–H and O–H groups in total. The third-order valence-electron chi connectivity index (χ3n) is 3.82. The first-order valence-corrected chi connectivity index (χ1v) is 8.19. The van der Waals surface area contributed by atoms with Crippen molar-refractivity contribution >= 4 is 23.0 Å². The fourth-order valence-corrected chi connectivity index (χ4v) is 2.77. The Labute approximate surface area is 144 Å². The standard InChI is InChI=1S/C19H24N2OS/c1-13(2)18(17-8-6-5-7-14(17)3)21-19(23)20-15-9-11-16(22-4)12-10-15/h5-13,18H,1-4H3,(H2,20,21,23). The van der Waals surface area contributed by atoms with Gasteiger partial charge in [0.25, 0.3) is 0 Å². The van der Waals surface area contributed by atoms with Crippen molar-refractivity contribution in [3.05, 3.63) is 59.7 Å². The fraction of sp³-hybridized carbons (Fsp3) is 0.316. The molecular weight excluding hydrogens is 304 g/mol. The Morgan fingerprint density at radius 1 is 1.04 bits per heavy atom. The summed E-state index contributed by atoms with van der Waals surface area (Å²) in [4.78, 5) is 0. The van der Waals surface area contributed by atoms with Crippen LogP contribution in [0.3, 0.4) is 0 Å². The molecule has 4 heteroatoms. The van der Waals surface area contributed by atoms with Gasteiger partial charge in [-0.25, -0.2) is 0 Å². The van der Waals surface area contributed by atoms with E-state index < -0.39 is 0 Å². The molecule has 2 aromatic rings. The molecular formula is C19H24N2OS. The quantitative estimate of drug-likeness (QED) is 0.780. The molecule has 23 heavy (non-hydrogen) atoms. The van der Waals surface area contributed by atoms with Crippen molar-refractivity contribution in [1.29, 1.82) is 0 Å². The van der Waals surface area contributed by atoms with Gasteiger partial charge < -0.3 is 15.4 Å². The Morgan fingerprint density at radius 3 is 2.26 bits per heavy atom. The van der Waals surface area contributed by atoms with Gasteiger partial charge in [-0.1, -0.05) is 38.1 Å². The van der Waals surface area contributed by atoms with E-state index in [9.17, 15) is 0 Å². The van der Waals surface area contributed by atoms with Gasteiger partial charge in [0, 0.05) is 5.69 Å². The fourth-order valence-electron chi connectivity index (χ4n) is 2.52. The summed E-state index contributed by atoms with van der Waals surface area (Å²) in [6.45, 7) is 6.52. The average Bonchev–Trinajstić information content (AvgIpc) is 2.54. The van der Waals surface area contributed by atoms with Crippen molar-refractivity contribution in [2.75, 3.05) is 12.4 Å². The highest BCUT2D eigenvalue weighted by Gasteiger charge is 2.18. The largest absolute Gasteiger partial charge is 0.497 e. The molecule has 0 amide bonds. The van der Waals surface area contributed by atoms with Gasteiger partial charge in [0.05, 0.1) is 13.2 Å². The molecule has 0 aliphatic carbocycles. The van der Waals surface area contributed by atoms with Gasteiger partial charge in [-0.2, -0.15) is 0 Å². The second-order valence-corrected chi connectivity index (χ2v) is 6.31. The van der Waals surface area contributed by atoms with Gasteiger partial charge in [-0.3, -0.25) is 0 Å². The predicted octanol–water partition coefficient (Wildman–Crippen LogP) is 4.69. The highest BCUT2D eigenvalue weighted by atomic mass is 32.1. The number of hydrogen-bond donors (Lipinski definition) is 2. The maximum Gasteiger partial charge on any atom is 0.171 e. The summed E-state index contributed by atoms with van der Waals surface area (Å²) in [6.07, 6.45) is 0. The van der Waals surface area contributed by atoms with Crippen LogP contribution in [0.4, 0.5) is 5.69 Å². The Kier molecular flexibility index (Phi) is 5.99.